The van der Waals surface area contributed by atoms with Crippen molar-refractivity contribution in [3.63, 3.8) is 0 Å². The van der Waals surface area contributed by atoms with Crippen molar-refractivity contribution in [2.45, 2.75) is 20.4 Å². The van der Waals surface area contributed by atoms with Crippen LogP contribution >= 0.6 is 0 Å². The smallest absolute Gasteiger partial charge is 0.270 e. The van der Waals surface area contributed by atoms with Gasteiger partial charge in [0.2, 0.25) is 5.89 Å². The number of amides is 1. The van der Waals surface area contributed by atoms with Crippen LogP contribution in [0.2, 0.25) is 0 Å². The summed E-state index contributed by atoms with van der Waals surface area (Å²) in [5.74, 6) is 1.66. The van der Waals surface area contributed by atoms with Gasteiger partial charge in [-0.1, -0.05) is 30.3 Å². The van der Waals surface area contributed by atoms with E-state index in [1.165, 1.54) is 10.9 Å². The number of hydrogen-bond donors (Lipinski definition) is 1. The summed E-state index contributed by atoms with van der Waals surface area (Å²) in [6.07, 6.45) is 3.10. The normalized spacial score (nSPS) is 11.6. The molecule has 0 aliphatic rings. The molecule has 29 heavy (non-hydrogen) atoms. The highest BCUT2D eigenvalue weighted by molar-refractivity contribution is 6.18. The van der Waals surface area contributed by atoms with Crippen molar-refractivity contribution in [1.29, 1.82) is 0 Å². The van der Waals surface area contributed by atoms with Crippen LogP contribution in [0.15, 0.2) is 57.6 Å². The molecule has 0 unspecified atom stereocenters. The largest absolute Gasteiger partial charge is 0.465 e. The number of carbonyl (C=O) groups is 1. The lowest BCUT2D eigenvalue weighted by Gasteiger charge is -2.09. The molecule has 0 saturated heterocycles. The lowest BCUT2D eigenvalue weighted by atomic mass is 10.2. The first kappa shape index (κ1) is 18.4. The SMILES string of the molecule is Cc1nc(CNC(=O)C(=Cc2ccco2)n2nnnc2-c2ccccc2)oc1C. The van der Waals surface area contributed by atoms with Crippen molar-refractivity contribution in [3.8, 4) is 11.4 Å². The second-order valence-electron chi connectivity index (χ2n) is 6.26. The molecule has 0 saturated carbocycles. The minimum atomic E-state index is -0.403. The Balaban J connectivity index is 1.66. The highest BCUT2D eigenvalue weighted by atomic mass is 16.4. The van der Waals surface area contributed by atoms with Gasteiger partial charge in [0.1, 0.15) is 17.2 Å². The number of aromatic nitrogens is 5. The van der Waals surface area contributed by atoms with Gasteiger partial charge in [-0.15, -0.1) is 5.10 Å². The fraction of sp³-hybridized carbons (Fsp3) is 0.150. The zero-order valence-electron chi connectivity index (χ0n) is 15.9. The highest BCUT2D eigenvalue weighted by Gasteiger charge is 2.20. The summed E-state index contributed by atoms with van der Waals surface area (Å²) in [5, 5.41) is 14.6. The first-order valence-electron chi connectivity index (χ1n) is 8.92. The van der Waals surface area contributed by atoms with E-state index < -0.39 is 5.91 Å². The number of benzene rings is 1. The summed E-state index contributed by atoms with van der Waals surface area (Å²) in [4.78, 5) is 17.3. The number of nitrogens with zero attached hydrogens (tertiary/aromatic N) is 5. The molecule has 0 aliphatic carbocycles. The Kier molecular flexibility index (Phi) is 5.02. The molecule has 9 heteroatoms. The molecule has 4 aromatic rings. The Hall–Kier alpha value is -4.01. The van der Waals surface area contributed by atoms with Crippen molar-refractivity contribution < 1.29 is 13.6 Å². The number of aryl methyl sites for hydroxylation is 2. The van der Waals surface area contributed by atoms with E-state index in [2.05, 4.69) is 25.8 Å². The van der Waals surface area contributed by atoms with Gasteiger partial charge < -0.3 is 14.2 Å². The van der Waals surface area contributed by atoms with Crippen LogP contribution in [-0.4, -0.2) is 31.1 Å². The molecular formula is C20H18N6O3. The van der Waals surface area contributed by atoms with E-state index >= 15 is 0 Å². The van der Waals surface area contributed by atoms with Crippen molar-refractivity contribution in [2.24, 2.45) is 0 Å². The summed E-state index contributed by atoms with van der Waals surface area (Å²) in [7, 11) is 0. The topological polar surface area (TPSA) is 112 Å². The van der Waals surface area contributed by atoms with Crippen LogP contribution in [0.5, 0.6) is 0 Å². The third-order valence-corrected chi connectivity index (χ3v) is 4.26. The minimum Gasteiger partial charge on any atom is -0.465 e. The Morgan fingerprint density at radius 2 is 2.00 bits per heavy atom. The predicted octanol–water partition coefficient (Wildman–Crippen LogP) is 2.85. The molecule has 0 aliphatic heterocycles. The van der Waals surface area contributed by atoms with Gasteiger partial charge >= 0.3 is 0 Å². The Morgan fingerprint density at radius 3 is 2.69 bits per heavy atom. The van der Waals surface area contributed by atoms with Crippen LogP contribution in [0.25, 0.3) is 23.2 Å². The number of furan rings is 1. The molecule has 0 atom stereocenters. The summed E-state index contributed by atoms with van der Waals surface area (Å²) in [5.41, 5.74) is 1.76. The molecule has 3 aromatic heterocycles. The lowest BCUT2D eigenvalue weighted by Crippen LogP contribution is -2.27. The molecule has 1 N–H and O–H groups in total. The van der Waals surface area contributed by atoms with Crippen LogP contribution in [0.4, 0.5) is 0 Å². The average molecular weight is 390 g/mol. The summed E-state index contributed by atoms with van der Waals surface area (Å²) in [6, 6.07) is 12.8. The maximum atomic E-state index is 13.0. The molecule has 3 heterocycles. The van der Waals surface area contributed by atoms with Crippen molar-refractivity contribution >= 4 is 17.7 Å². The van der Waals surface area contributed by atoms with Gasteiger partial charge in [0.05, 0.1) is 18.5 Å². The number of oxazole rings is 1. The third-order valence-electron chi connectivity index (χ3n) is 4.26. The van der Waals surface area contributed by atoms with Crippen LogP contribution in [0.1, 0.15) is 23.1 Å². The standard InChI is InChI=1S/C20H18N6O3/c1-13-14(2)29-18(22-13)12-21-20(27)17(11-16-9-6-10-28-16)26-19(23-24-25-26)15-7-4-3-5-8-15/h3-11H,12H2,1-2H3,(H,21,27). The van der Waals surface area contributed by atoms with Crippen LogP contribution in [0.3, 0.4) is 0 Å². The van der Waals surface area contributed by atoms with E-state index in [4.69, 9.17) is 8.83 Å². The van der Waals surface area contributed by atoms with Crippen LogP contribution in [0, 0.1) is 13.8 Å². The molecule has 146 valence electrons. The second-order valence-corrected chi connectivity index (χ2v) is 6.26. The van der Waals surface area contributed by atoms with E-state index in [9.17, 15) is 4.79 Å². The summed E-state index contributed by atoms with van der Waals surface area (Å²) < 4.78 is 12.3. The predicted molar refractivity (Wildman–Crippen MR) is 104 cm³/mol. The van der Waals surface area contributed by atoms with Gasteiger partial charge in [-0.2, -0.15) is 4.68 Å². The number of carbonyl (C=O) groups excluding carboxylic acids is 1. The van der Waals surface area contributed by atoms with Gasteiger partial charge in [-0.05, 0) is 36.4 Å². The summed E-state index contributed by atoms with van der Waals surface area (Å²) >= 11 is 0. The zero-order chi connectivity index (χ0) is 20.2. The van der Waals surface area contributed by atoms with E-state index in [0.717, 1.165) is 11.3 Å². The number of tetrazole rings is 1. The maximum absolute atomic E-state index is 13.0. The van der Waals surface area contributed by atoms with E-state index in [0.29, 0.717) is 23.2 Å². The fourth-order valence-corrected chi connectivity index (χ4v) is 2.71. The van der Waals surface area contributed by atoms with E-state index in [-0.39, 0.29) is 12.2 Å². The number of hydrogen-bond acceptors (Lipinski definition) is 7. The van der Waals surface area contributed by atoms with E-state index in [1.54, 1.807) is 18.2 Å². The second kappa shape index (κ2) is 7.93. The molecular weight excluding hydrogens is 372 g/mol. The van der Waals surface area contributed by atoms with E-state index in [1.807, 2.05) is 44.2 Å². The van der Waals surface area contributed by atoms with Crippen LogP contribution in [-0.2, 0) is 11.3 Å². The molecule has 4 rings (SSSR count). The van der Waals surface area contributed by atoms with Crippen molar-refractivity contribution in [3.05, 3.63) is 71.8 Å². The van der Waals surface area contributed by atoms with Gasteiger partial charge in [0.15, 0.2) is 5.82 Å². The van der Waals surface area contributed by atoms with Gasteiger partial charge in [-0.3, -0.25) is 4.79 Å². The van der Waals surface area contributed by atoms with Gasteiger partial charge in [-0.25, -0.2) is 4.98 Å². The summed E-state index contributed by atoms with van der Waals surface area (Å²) in [6.45, 7) is 3.80. The fourth-order valence-electron chi connectivity index (χ4n) is 2.71. The first-order valence-corrected chi connectivity index (χ1v) is 8.92. The third kappa shape index (κ3) is 3.98. The molecule has 0 spiro atoms. The zero-order valence-corrected chi connectivity index (χ0v) is 15.9. The van der Waals surface area contributed by atoms with Crippen molar-refractivity contribution in [1.82, 2.24) is 30.5 Å². The molecule has 9 nitrogen and oxygen atoms in total. The van der Waals surface area contributed by atoms with Crippen LogP contribution < -0.4 is 5.32 Å². The minimum absolute atomic E-state index is 0.131. The average Bonchev–Trinajstić information content (AvgIpc) is 3.47. The molecule has 0 radical (unpaired) electrons. The lowest BCUT2D eigenvalue weighted by molar-refractivity contribution is -0.116. The monoisotopic (exact) mass is 390 g/mol. The number of rotatable bonds is 6. The quantitative estimate of drug-likeness (QED) is 0.504. The molecule has 0 bridgehead atoms. The van der Waals surface area contributed by atoms with Gasteiger partial charge in [0.25, 0.3) is 5.91 Å². The molecule has 1 aromatic carbocycles. The Morgan fingerprint density at radius 1 is 1.17 bits per heavy atom. The van der Waals surface area contributed by atoms with Crippen molar-refractivity contribution in [2.75, 3.05) is 0 Å². The molecule has 1 amide bonds. The van der Waals surface area contributed by atoms with Gasteiger partial charge in [0, 0.05) is 11.6 Å². The number of nitrogens with one attached hydrogen (secondary N) is 1. The highest BCUT2D eigenvalue weighted by Crippen LogP contribution is 2.20. The Labute approximate surface area is 166 Å². The maximum Gasteiger partial charge on any atom is 0.270 e. The Bertz CT molecular complexity index is 1120. The molecule has 0 fully saturated rings. The first-order chi connectivity index (χ1) is 14.1.